The smallest absolute Gasteiger partial charge is 0.243 e. The molecule has 0 radical (unpaired) electrons. The number of benzene rings is 2. The fourth-order valence-corrected chi connectivity index (χ4v) is 6.52. The van der Waals surface area contributed by atoms with Crippen LogP contribution in [-0.2, 0) is 16.6 Å². The number of aliphatic imine (C=N–C) groups is 1. The fourth-order valence-electron chi connectivity index (χ4n) is 4.78. The van der Waals surface area contributed by atoms with E-state index in [1.54, 1.807) is 4.31 Å². The van der Waals surface area contributed by atoms with Gasteiger partial charge in [-0.05, 0) is 74.4 Å². The molecule has 32 heavy (non-hydrogen) atoms. The third-order valence-corrected chi connectivity index (χ3v) is 9.03. The number of amidine groups is 1. The van der Waals surface area contributed by atoms with Gasteiger partial charge < -0.3 is 10.6 Å². The van der Waals surface area contributed by atoms with Gasteiger partial charge in [0, 0.05) is 26.2 Å². The van der Waals surface area contributed by atoms with Gasteiger partial charge in [0.15, 0.2) is 0 Å². The highest BCUT2D eigenvalue weighted by Gasteiger charge is 2.43. The van der Waals surface area contributed by atoms with Crippen LogP contribution in [0.3, 0.4) is 0 Å². The van der Waals surface area contributed by atoms with Crippen molar-refractivity contribution in [2.75, 3.05) is 26.2 Å². The second-order valence-corrected chi connectivity index (χ2v) is 11.0. The Morgan fingerprint density at radius 1 is 1.00 bits per heavy atom. The van der Waals surface area contributed by atoms with Crippen molar-refractivity contribution >= 4 is 15.9 Å². The molecule has 2 aromatic rings. The van der Waals surface area contributed by atoms with Crippen molar-refractivity contribution in [1.82, 2.24) is 14.9 Å². The predicted molar refractivity (Wildman–Crippen MR) is 130 cm³/mol. The molecule has 0 bridgehead atoms. The molecule has 0 saturated carbocycles. The normalized spacial score (nSPS) is 19.1. The first-order chi connectivity index (χ1) is 15.2. The van der Waals surface area contributed by atoms with Crippen LogP contribution in [0.1, 0.15) is 40.7 Å². The first kappa shape index (κ1) is 23.0. The molecular weight excluding hydrogens is 420 g/mol. The molecule has 0 atom stereocenters. The SMILES string of the molecule is Cc1cc(C)c(S(=O)(=O)N2CCC3(CC2)NCCN=C3NCc2ccccc2C)cc1C. The highest BCUT2D eigenvalue weighted by Crippen LogP contribution is 2.31. The third-order valence-electron chi connectivity index (χ3n) is 6.99. The number of rotatable bonds is 4. The van der Waals surface area contributed by atoms with Gasteiger partial charge in [0.05, 0.1) is 17.0 Å². The molecule has 4 rings (SSSR count). The number of sulfonamides is 1. The largest absolute Gasteiger partial charge is 0.368 e. The minimum absolute atomic E-state index is 0.287. The molecule has 172 valence electrons. The Labute approximate surface area is 192 Å². The monoisotopic (exact) mass is 454 g/mol. The van der Waals surface area contributed by atoms with Crippen molar-refractivity contribution in [2.24, 2.45) is 4.99 Å². The van der Waals surface area contributed by atoms with E-state index >= 15 is 0 Å². The summed E-state index contributed by atoms with van der Waals surface area (Å²) in [5, 5.41) is 7.23. The Kier molecular flexibility index (Phi) is 6.43. The summed E-state index contributed by atoms with van der Waals surface area (Å²) in [5.74, 6) is 0.964. The van der Waals surface area contributed by atoms with E-state index < -0.39 is 10.0 Å². The Bertz CT molecular complexity index is 1130. The quantitative estimate of drug-likeness (QED) is 0.744. The fraction of sp³-hybridized carbons (Fsp3) is 0.480. The van der Waals surface area contributed by atoms with Gasteiger partial charge in [-0.1, -0.05) is 30.3 Å². The molecule has 0 aliphatic carbocycles. The van der Waals surface area contributed by atoms with E-state index in [0.717, 1.165) is 42.2 Å². The number of piperidine rings is 1. The van der Waals surface area contributed by atoms with E-state index in [1.165, 1.54) is 11.1 Å². The summed E-state index contributed by atoms with van der Waals surface area (Å²) in [6.07, 6.45) is 1.41. The summed E-state index contributed by atoms with van der Waals surface area (Å²) in [6.45, 7) is 11.2. The van der Waals surface area contributed by atoms with Crippen LogP contribution in [0.25, 0.3) is 0 Å². The summed E-state index contributed by atoms with van der Waals surface area (Å²) in [4.78, 5) is 5.24. The zero-order valence-corrected chi connectivity index (χ0v) is 20.3. The van der Waals surface area contributed by atoms with Gasteiger partial charge in [0.25, 0.3) is 0 Å². The van der Waals surface area contributed by atoms with E-state index in [2.05, 4.69) is 35.8 Å². The Balaban J connectivity index is 1.50. The van der Waals surface area contributed by atoms with Crippen molar-refractivity contribution < 1.29 is 8.42 Å². The van der Waals surface area contributed by atoms with Gasteiger partial charge in [-0.25, -0.2) is 8.42 Å². The molecule has 0 aromatic heterocycles. The van der Waals surface area contributed by atoms with Crippen LogP contribution in [0.15, 0.2) is 46.3 Å². The number of hydrogen-bond donors (Lipinski definition) is 2. The molecule has 1 saturated heterocycles. The van der Waals surface area contributed by atoms with E-state index in [1.807, 2.05) is 39.0 Å². The van der Waals surface area contributed by atoms with Crippen LogP contribution in [0.5, 0.6) is 0 Å². The standard InChI is InChI=1S/C25H34N4O2S/c1-18-7-5-6-8-22(18)17-27-24-25(28-12-11-26-24)9-13-29(14-10-25)32(30,31)23-16-20(3)19(2)15-21(23)4/h5-8,15-16,28H,9-14,17H2,1-4H3,(H,26,27). The lowest BCUT2D eigenvalue weighted by Crippen LogP contribution is -2.64. The van der Waals surface area contributed by atoms with E-state index in [0.29, 0.717) is 30.8 Å². The maximum absolute atomic E-state index is 13.4. The summed E-state index contributed by atoms with van der Waals surface area (Å²) in [7, 11) is -3.52. The van der Waals surface area contributed by atoms with E-state index in [9.17, 15) is 8.42 Å². The van der Waals surface area contributed by atoms with Crippen molar-refractivity contribution in [2.45, 2.75) is 57.5 Å². The highest BCUT2D eigenvalue weighted by molar-refractivity contribution is 7.89. The summed E-state index contributed by atoms with van der Waals surface area (Å²) in [5.41, 5.74) is 5.15. The van der Waals surface area contributed by atoms with E-state index in [-0.39, 0.29) is 5.54 Å². The van der Waals surface area contributed by atoms with Crippen LogP contribution >= 0.6 is 0 Å². The number of nitrogens with zero attached hydrogens (tertiary/aromatic N) is 2. The zero-order chi connectivity index (χ0) is 22.9. The Morgan fingerprint density at radius 2 is 1.69 bits per heavy atom. The zero-order valence-electron chi connectivity index (χ0n) is 19.5. The van der Waals surface area contributed by atoms with Crippen molar-refractivity contribution in [3.8, 4) is 0 Å². The lowest BCUT2D eigenvalue weighted by molar-refractivity contribution is 0.241. The molecule has 0 amide bonds. The lowest BCUT2D eigenvalue weighted by Gasteiger charge is -2.44. The Hall–Kier alpha value is -2.22. The molecule has 2 aliphatic rings. The lowest BCUT2D eigenvalue weighted by atomic mass is 9.85. The maximum Gasteiger partial charge on any atom is 0.243 e. The molecule has 6 nitrogen and oxygen atoms in total. The molecular formula is C25H34N4O2S. The van der Waals surface area contributed by atoms with Crippen molar-refractivity contribution in [3.05, 3.63) is 64.2 Å². The topological polar surface area (TPSA) is 73.8 Å². The van der Waals surface area contributed by atoms with E-state index in [4.69, 9.17) is 4.99 Å². The molecule has 1 spiro atoms. The van der Waals surface area contributed by atoms with Crippen LogP contribution < -0.4 is 10.6 Å². The first-order valence-corrected chi connectivity index (χ1v) is 12.8. The molecule has 7 heteroatoms. The van der Waals surface area contributed by atoms with Gasteiger partial charge in [-0.15, -0.1) is 0 Å². The van der Waals surface area contributed by atoms with Crippen LogP contribution in [-0.4, -0.2) is 50.3 Å². The Morgan fingerprint density at radius 3 is 2.41 bits per heavy atom. The maximum atomic E-state index is 13.4. The molecule has 1 fully saturated rings. The second kappa shape index (κ2) is 8.96. The molecule has 2 aromatic carbocycles. The summed E-state index contributed by atoms with van der Waals surface area (Å²) >= 11 is 0. The van der Waals surface area contributed by atoms with Gasteiger partial charge >= 0.3 is 0 Å². The molecule has 2 N–H and O–H groups in total. The van der Waals surface area contributed by atoms with Crippen molar-refractivity contribution in [3.63, 3.8) is 0 Å². The second-order valence-electron chi connectivity index (χ2n) is 9.13. The first-order valence-electron chi connectivity index (χ1n) is 11.4. The van der Waals surface area contributed by atoms with Crippen LogP contribution in [0.2, 0.25) is 0 Å². The minimum atomic E-state index is -3.52. The van der Waals surface area contributed by atoms with Gasteiger partial charge in [-0.3, -0.25) is 4.99 Å². The van der Waals surface area contributed by atoms with Gasteiger partial charge in [0.2, 0.25) is 10.0 Å². The van der Waals surface area contributed by atoms with Crippen molar-refractivity contribution in [1.29, 1.82) is 0 Å². The average molecular weight is 455 g/mol. The molecule has 2 aliphatic heterocycles. The number of aryl methyl sites for hydroxylation is 4. The van der Waals surface area contributed by atoms with Crippen LogP contribution in [0.4, 0.5) is 0 Å². The van der Waals surface area contributed by atoms with Gasteiger partial charge in [-0.2, -0.15) is 4.31 Å². The third kappa shape index (κ3) is 4.34. The minimum Gasteiger partial charge on any atom is -0.368 e. The van der Waals surface area contributed by atoms with Crippen LogP contribution in [0, 0.1) is 27.7 Å². The number of nitrogens with one attached hydrogen (secondary N) is 2. The van der Waals surface area contributed by atoms with Gasteiger partial charge in [0.1, 0.15) is 5.84 Å². The molecule has 0 unspecified atom stereocenters. The highest BCUT2D eigenvalue weighted by atomic mass is 32.2. The average Bonchev–Trinajstić information content (AvgIpc) is 2.77. The molecule has 2 heterocycles. The number of hydrogen-bond acceptors (Lipinski definition) is 5. The predicted octanol–water partition coefficient (Wildman–Crippen LogP) is 3.24. The summed E-state index contributed by atoms with van der Waals surface area (Å²) in [6, 6.07) is 12.1. The summed E-state index contributed by atoms with van der Waals surface area (Å²) < 4.78 is 28.5.